The highest BCUT2D eigenvalue weighted by molar-refractivity contribution is 5.28. The van der Waals surface area contributed by atoms with Crippen LogP contribution >= 0.6 is 0 Å². The Morgan fingerprint density at radius 2 is 1.83 bits per heavy atom. The molecule has 1 atom stereocenters. The van der Waals surface area contributed by atoms with E-state index in [0.717, 1.165) is 31.6 Å². The molecule has 1 fully saturated rings. The Morgan fingerprint density at radius 3 is 2.39 bits per heavy atom. The molecule has 1 aliphatic rings. The fraction of sp³-hybridized carbons (Fsp3) is 0.625. The lowest BCUT2D eigenvalue weighted by atomic mass is 9.72. The van der Waals surface area contributed by atoms with Crippen molar-refractivity contribution >= 4 is 0 Å². The first-order valence-corrected chi connectivity index (χ1v) is 6.90. The molecule has 2 rings (SSSR count). The summed E-state index contributed by atoms with van der Waals surface area (Å²) in [6, 6.07) is 5.11. The molecule has 18 heavy (non-hydrogen) atoms. The maximum absolute atomic E-state index is 13.6. The lowest BCUT2D eigenvalue weighted by molar-refractivity contribution is -0.0266. The number of aliphatic hydroxyl groups is 1. The number of benzene rings is 1. The molecule has 1 unspecified atom stereocenters. The molecule has 1 nitrogen and oxygen atoms in total. The maximum Gasteiger partial charge on any atom is 0.126 e. The monoisotopic (exact) mass is 250 g/mol. The zero-order valence-electron chi connectivity index (χ0n) is 11.5. The summed E-state index contributed by atoms with van der Waals surface area (Å²) in [6.07, 6.45) is 4.39. The Kier molecular flexibility index (Phi) is 3.76. The summed E-state index contributed by atoms with van der Waals surface area (Å²) in [4.78, 5) is 0. The van der Waals surface area contributed by atoms with Crippen molar-refractivity contribution in [1.82, 2.24) is 0 Å². The second-order valence-corrected chi connectivity index (χ2v) is 6.07. The molecule has 0 radical (unpaired) electrons. The third-order valence-corrected chi connectivity index (χ3v) is 4.57. The quantitative estimate of drug-likeness (QED) is 0.835. The van der Waals surface area contributed by atoms with Gasteiger partial charge in [0.2, 0.25) is 0 Å². The summed E-state index contributed by atoms with van der Waals surface area (Å²) < 4.78 is 13.6. The molecule has 2 heteroatoms. The SMILES string of the molecule is Cc1ccc(C(C)(O)C2CCC(C)CC2)cc1F. The standard InChI is InChI=1S/C16H23FO/c1-11-4-7-13(8-5-11)16(3,18)14-9-6-12(2)15(17)10-14/h6,9-11,13,18H,4-5,7-8H2,1-3H3. The average Bonchev–Trinajstić information content (AvgIpc) is 2.33. The van der Waals surface area contributed by atoms with Crippen LogP contribution in [0.3, 0.4) is 0 Å². The smallest absolute Gasteiger partial charge is 0.126 e. The van der Waals surface area contributed by atoms with Gasteiger partial charge in [0.15, 0.2) is 0 Å². The topological polar surface area (TPSA) is 20.2 Å². The van der Waals surface area contributed by atoms with Gasteiger partial charge in [0, 0.05) is 0 Å². The highest BCUT2D eigenvalue weighted by atomic mass is 19.1. The lowest BCUT2D eigenvalue weighted by Gasteiger charge is -2.37. The minimum Gasteiger partial charge on any atom is -0.385 e. The molecule has 1 saturated carbocycles. The number of hydrogen-bond donors (Lipinski definition) is 1. The van der Waals surface area contributed by atoms with Crippen LogP contribution in [0.25, 0.3) is 0 Å². The predicted octanol–water partition coefficient (Wildman–Crippen LogP) is 4.17. The second-order valence-electron chi connectivity index (χ2n) is 6.07. The molecule has 0 aromatic heterocycles. The number of hydrogen-bond acceptors (Lipinski definition) is 1. The Labute approximate surface area is 109 Å². The summed E-state index contributed by atoms with van der Waals surface area (Å²) in [7, 11) is 0. The van der Waals surface area contributed by atoms with Crippen LogP contribution in [0, 0.1) is 24.6 Å². The van der Waals surface area contributed by atoms with Crippen LogP contribution in [0.15, 0.2) is 18.2 Å². The van der Waals surface area contributed by atoms with E-state index >= 15 is 0 Å². The summed E-state index contributed by atoms with van der Waals surface area (Å²) in [5, 5.41) is 10.7. The molecule has 1 aromatic rings. The van der Waals surface area contributed by atoms with E-state index in [2.05, 4.69) is 6.92 Å². The first-order valence-electron chi connectivity index (χ1n) is 6.90. The Balaban J connectivity index is 2.21. The molecule has 1 aliphatic carbocycles. The van der Waals surface area contributed by atoms with Crippen molar-refractivity contribution in [3.8, 4) is 0 Å². The minimum absolute atomic E-state index is 0.225. The fourth-order valence-electron chi connectivity index (χ4n) is 2.97. The molecule has 0 heterocycles. The van der Waals surface area contributed by atoms with E-state index in [4.69, 9.17) is 0 Å². The average molecular weight is 250 g/mol. The van der Waals surface area contributed by atoms with Crippen molar-refractivity contribution in [2.24, 2.45) is 11.8 Å². The van der Waals surface area contributed by atoms with Crippen molar-refractivity contribution in [3.63, 3.8) is 0 Å². The van der Waals surface area contributed by atoms with Gasteiger partial charge in [-0.3, -0.25) is 0 Å². The van der Waals surface area contributed by atoms with Gasteiger partial charge in [-0.05, 0) is 55.7 Å². The first-order chi connectivity index (χ1) is 8.41. The molecule has 100 valence electrons. The van der Waals surface area contributed by atoms with E-state index in [-0.39, 0.29) is 11.7 Å². The van der Waals surface area contributed by atoms with Gasteiger partial charge in [0.05, 0.1) is 5.60 Å². The van der Waals surface area contributed by atoms with Gasteiger partial charge in [-0.25, -0.2) is 4.39 Å². The van der Waals surface area contributed by atoms with Crippen LogP contribution in [0.2, 0.25) is 0 Å². The Bertz CT molecular complexity index is 417. The number of rotatable bonds is 2. The van der Waals surface area contributed by atoms with Crippen molar-refractivity contribution < 1.29 is 9.50 Å². The number of halogens is 1. The van der Waals surface area contributed by atoms with Crippen LogP contribution < -0.4 is 0 Å². The third-order valence-electron chi connectivity index (χ3n) is 4.57. The van der Waals surface area contributed by atoms with Crippen LogP contribution in [0.1, 0.15) is 50.7 Å². The molecule has 1 aromatic carbocycles. The summed E-state index contributed by atoms with van der Waals surface area (Å²) in [6.45, 7) is 5.84. The van der Waals surface area contributed by atoms with Gasteiger partial charge in [0.25, 0.3) is 0 Å². The molecule has 1 N–H and O–H groups in total. The van der Waals surface area contributed by atoms with Crippen LogP contribution in [-0.2, 0) is 5.60 Å². The van der Waals surface area contributed by atoms with Gasteiger partial charge in [-0.1, -0.05) is 31.9 Å². The van der Waals surface area contributed by atoms with Gasteiger partial charge < -0.3 is 5.11 Å². The van der Waals surface area contributed by atoms with Crippen LogP contribution in [0.5, 0.6) is 0 Å². The van der Waals surface area contributed by atoms with Crippen molar-refractivity contribution in [3.05, 3.63) is 35.1 Å². The highest BCUT2D eigenvalue weighted by Gasteiger charge is 2.35. The predicted molar refractivity (Wildman–Crippen MR) is 71.8 cm³/mol. The highest BCUT2D eigenvalue weighted by Crippen LogP contribution is 2.40. The molecule has 0 aliphatic heterocycles. The van der Waals surface area contributed by atoms with Gasteiger partial charge in [-0.15, -0.1) is 0 Å². The van der Waals surface area contributed by atoms with Crippen molar-refractivity contribution in [2.75, 3.05) is 0 Å². The summed E-state index contributed by atoms with van der Waals surface area (Å²) in [5.74, 6) is 0.777. The van der Waals surface area contributed by atoms with E-state index < -0.39 is 5.60 Å². The molecular formula is C16H23FO. The van der Waals surface area contributed by atoms with Gasteiger partial charge in [0.1, 0.15) is 5.82 Å². The molecule has 0 amide bonds. The van der Waals surface area contributed by atoms with Crippen LogP contribution in [0.4, 0.5) is 4.39 Å². The van der Waals surface area contributed by atoms with Crippen molar-refractivity contribution in [1.29, 1.82) is 0 Å². The zero-order chi connectivity index (χ0) is 13.3. The van der Waals surface area contributed by atoms with Crippen molar-refractivity contribution in [2.45, 2.75) is 52.1 Å². The van der Waals surface area contributed by atoms with Crippen LogP contribution in [-0.4, -0.2) is 5.11 Å². The number of aryl methyl sites for hydroxylation is 1. The first kappa shape index (κ1) is 13.5. The van der Waals surface area contributed by atoms with E-state index in [0.29, 0.717) is 11.1 Å². The van der Waals surface area contributed by atoms with Gasteiger partial charge in [-0.2, -0.15) is 0 Å². The molecular weight excluding hydrogens is 227 g/mol. The molecule has 0 spiro atoms. The van der Waals surface area contributed by atoms with E-state index in [1.165, 1.54) is 6.07 Å². The second kappa shape index (κ2) is 5.00. The van der Waals surface area contributed by atoms with Gasteiger partial charge >= 0.3 is 0 Å². The summed E-state index contributed by atoms with van der Waals surface area (Å²) in [5.41, 5.74) is 0.436. The Hall–Kier alpha value is -0.890. The van der Waals surface area contributed by atoms with E-state index in [9.17, 15) is 9.50 Å². The Morgan fingerprint density at radius 1 is 1.22 bits per heavy atom. The van der Waals surface area contributed by atoms with E-state index in [1.807, 2.05) is 13.0 Å². The van der Waals surface area contributed by atoms with E-state index in [1.54, 1.807) is 13.0 Å². The fourth-order valence-corrected chi connectivity index (χ4v) is 2.97. The minimum atomic E-state index is -0.908. The summed E-state index contributed by atoms with van der Waals surface area (Å²) >= 11 is 0. The molecule has 0 saturated heterocycles. The largest absolute Gasteiger partial charge is 0.385 e. The molecule has 0 bridgehead atoms. The third kappa shape index (κ3) is 2.59. The lowest BCUT2D eigenvalue weighted by Crippen LogP contribution is -2.34. The zero-order valence-corrected chi connectivity index (χ0v) is 11.5. The normalized spacial score (nSPS) is 27.8. The maximum atomic E-state index is 13.6.